The molecular formula is C14H26O4Si. The van der Waals surface area contributed by atoms with Gasteiger partial charge in [0.05, 0.1) is 13.2 Å². The van der Waals surface area contributed by atoms with Gasteiger partial charge in [-0.3, -0.25) is 0 Å². The number of cyclic esters (lactones) is 1. The Hall–Kier alpha value is -0.813. The molecule has 0 saturated heterocycles. The molecule has 0 N–H and O–H groups in total. The standard InChI is InChI=1S/C14H26O4Si/c1-14(2,3)19(5,6)17-8-7-11-9-12(16-4)10-13(15)18-11/h10-11H,7-9H2,1-6H3/t11-/m1/s1. The summed E-state index contributed by atoms with van der Waals surface area (Å²) < 4.78 is 16.5. The average molecular weight is 286 g/mol. The minimum atomic E-state index is -1.72. The summed E-state index contributed by atoms with van der Waals surface area (Å²) >= 11 is 0. The fraction of sp³-hybridized carbons (Fsp3) is 0.786. The molecule has 1 aliphatic heterocycles. The van der Waals surface area contributed by atoms with Crippen molar-refractivity contribution in [1.82, 2.24) is 0 Å². The minimum Gasteiger partial charge on any atom is -0.501 e. The number of ether oxygens (including phenoxy) is 2. The largest absolute Gasteiger partial charge is 0.501 e. The SMILES string of the molecule is COC1=CC(=O)O[C@H](CCO[Si](C)(C)C(C)(C)C)C1. The highest BCUT2D eigenvalue weighted by molar-refractivity contribution is 6.74. The maximum absolute atomic E-state index is 11.4. The van der Waals surface area contributed by atoms with E-state index in [4.69, 9.17) is 13.9 Å². The summed E-state index contributed by atoms with van der Waals surface area (Å²) in [6.45, 7) is 11.7. The Morgan fingerprint density at radius 2 is 2.05 bits per heavy atom. The van der Waals surface area contributed by atoms with E-state index in [1.54, 1.807) is 7.11 Å². The molecule has 0 aliphatic carbocycles. The molecule has 0 aromatic carbocycles. The van der Waals surface area contributed by atoms with Crippen molar-refractivity contribution in [2.75, 3.05) is 13.7 Å². The van der Waals surface area contributed by atoms with Crippen LogP contribution in [0.15, 0.2) is 11.8 Å². The predicted octanol–water partition coefficient (Wildman–Crippen LogP) is 3.24. The number of carbonyl (C=O) groups is 1. The van der Waals surface area contributed by atoms with Crippen LogP contribution in [-0.4, -0.2) is 34.1 Å². The van der Waals surface area contributed by atoms with E-state index in [2.05, 4.69) is 33.9 Å². The van der Waals surface area contributed by atoms with Crippen LogP contribution >= 0.6 is 0 Å². The number of esters is 1. The third kappa shape index (κ3) is 4.65. The molecule has 1 rings (SSSR count). The Labute approximate surface area is 117 Å². The molecule has 4 nitrogen and oxygen atoms in total. The van der Waals surface area contributed by atoms with Gasteiger partial charge in [-0.2, -0.15) is 0 Å². The molecular weight excluding hydrogens is 260 g/mol. The normalized spacial score (nSPS) is 20.8. The van der Waals surface area contributed by atoms with Crippen LogP contribution in [-0.2, 0) is 18.7 Å². The van der Waals surface area contributed by atoms with Crippen LogP contribution in [0.1, 0.15) is 33.6 Å². The molecule has 110 valence electrons. The number of methoxy groups -OCH3 is 1. The second-order valence-electron chi connectivity index (χ2n) is 6.48. The van der Waals surface area contributed by atoms with Gasteiger partial charge in [-0.1, -0.05) is 20.8 Å². The lowest BCUT2D eigenvalue weighted by Gasteiger charge is -2.36. The zero-order chi connectivity index (χ0) is 14.7. The second-order valence-corrected chi connectivity index (χ2v) is 11.3. The summed E-state index contributed by atoms with van der Waals surface area (Å²) in [4.78, 5) is 11.4. The molecule has 0 saturated carbocycles. The van der Waals surface area contributed by atoms with Gasteiger partial charge in [0.2, 0.25) is 0 Å². The first-order valence-corrected chi connectivity index (χ1v) is 9.65. The summed E-state index contributed by atoms with van der Waals surface area (Å²) in [6.07, 6.45) is 2.64. The van der Waals surface area contributed by atoms with Crippen LogP contribution in [0.5, 0.6) is 0 Å². The van der Waals surface area contributed by atoms with Crippen molar-refractivity contribution in [2.45, 2.75) is 57.8 Å². The highest BCUT2D eigenvalue weighted by Gasteiger charge is 2.37. The molecule has 0 amide bonds. The molecule has 1 aliphatic rings. The van der Waals surface area contributed by atoms with Crippen molar-refractivity contribution in [1.29, 1.82) is 0 Å². The molecule has 0 unspecified atom stereocenters. The average Bonchev–Trinajstić information content (AvgIpc) is 2.26. The maximum atomic E-state index is 11.4. The summed E-state index contributed by atoms with van der Waals surface area (Å²) in [6, 6.07) is 0. The molecule has 0 bridgehead atoms. The van der Waals surface area contributed by atoms with Crippen molar-refractivity contribution >= 4 is 14.3 Å². The molecule has 0 radical (unpaired) electrons. The van der Waals surface area contributed by atoms with E-state index in [0.717, 1.165) is 6.42 Å². The molecule has 0 aromatic rings. The Morgan fingerprint density at radius 3 is 2.58 bits per heavy atom. The second kappa shape index (κ2) is 6.09. The summed E-state index contributed by atoms with van der Waals surface area (Å²) in [7, 11) is -0.141. The van der Waals surface area contributed by atoms with Crippen molar-refractivity contribution in [3.8, 4) is 0 Å². The van der Waals surface area contributed by atoms with E-state index in [1.807, 2.05) is 0 Å². The molecule has 0 spiro atoms. The van der Waals surface area contributed by atoms with Crippen molar-refractivity contribution in [2.24, 2.45) is 0 Å². The zero-order valence-corrected chi connectivity index (χ0v) is 13.9. The predicted molar refractivity (Wildman–Crippen MR) is 77.4 cm³/mol. The van der Waals surface area contributed by atoms with Crippen LogP contribution in [0.4, 0.5) is 0 Å². The molecule has 0 fully saturated rings. The van der Waals surface area contributed by atoms with Crippen LogP contribution in [0.25, 0.3) is 0 Å². The van der Waals surface area contributed by atoms with Crippen LogP contribution < -0.4 is 0 Å². The van der Waals surface area contributed by atoms with Gasteiger partial charge in [-0.05, 0) is 18.1 Å². The highest BCUT2D eigenvalue weighted by atomic mass is 28.4. The van der Waals surface area contributed by atoms with Crippen molar-refractivity contribution < 1.29 is 18.7 Å². The van der Waals surface area contributed by atoms with Gasteiger partial charge in [0.25, 0.3) is 0 Å². The monoisotopic (exact) mass is 286 g/mol. The van der Waals surface area contributed by atoms with Crippen LogP contribution in [0, 0.1) is 0 Å². The van der Waals surface area contributed by atoms with Gasteiger partial charge in [-0.15, -0.1) is 0 Å². The molecule has 1 heterocycles. The molecule has 1 atom stereocenters. The maximum Gasteiger partial charge on any atom is 0.334 e. The lowest BCUT2D eigenvalue weighted by atomic mass is 10.1. The number of rotatable bonds is 5. The molecule has 0 aromatic heterocycles. The lowest BCUT2D eigenvalue weighted by Crippen LogP contribution is -2.41. The summed E-state index contributed by atoms with van der Waals surface area (Å²) in [5.74, 6) is 0.369. The Bertz CT molecular complexity index is 355. The first kappa shape index (κ1) is 16.2. The van der Waals surface area contributed by atoms with Crippen molar-refractivity contribution in [3.63, 3.8) is 0 Å². The summed E-state index contributed by atoms with van der Waals surface area (Å²) in [5.41, 5.74) is 0. The summed E-state index contributed by atoms with van der Waals surface area (Å²) in [5, 5.41) is 0.202. The number of carbonyl (C=O) groups excluding carboxylic acids is 1. The van der Waals surface area contributed by atoms with Crippen LogP contribution in [0.2, 0.25) is 18.1 Å². The van der Waals surface area contributed by atoms with E-state index in [1.165, 1.54) is 6.08 Å². The number of hydrogen-bond donors (Lipinski definition) is 0. The lowest BCUT2D eigenvalue weighted by molar-refractivity contribution is -0.145. The van der Waals surface area contributed by atoms with Gasteiger partial charge in [0.1, 0.15) is 11.9 Å². The zero-order valence-electron chi connectivity index (χ0n) is 12.9. The fourth-order valence-corrected chi connectivity index (χ4v) is 2.68. The van der Waals surface area contributed by atoms with E-state index < -0.39 is 8.32 Å². The van der Waals surface area contributed by atoms with Gasteiger partial charge in [-0.25, -0.2) is 4.79 Å². The van der Waals surface area contributed by atoms with Gasteiger partial charge in [0, 0.05) is 19.4 Å². The quantitative estimate of drug-likeness (QED) is 0.575. The molecule has 19 heavy (non-hydrogen) atoms. The molecule has 5 heteroatoms. The van der Waals surface area contributed by atoms with Crippen molar-refractivity contribution in [3.05, 3.63) is 11.8 Å². The van der Waals surface area contributed by atoms with E-state index in [9.17, 15) is 4.79 Å². The first-order valence-electron chi connectivity index (χ1n) is 6.75. The topological polar surface area (TPSA) is 44.8 Å². The number of hydrogen-bond acceptors (Lipinski definition) is 4. The van der Waals surface area contributed by atoms with E-state index in [-0.39, 0.29) is 17.1 Å². The smallest absolute Gasteiger partial charge is 0.334 e. The first-order chi connectivity index (χ1) is 8.65. The Balaban J connectivity index is 2.43. The Kier molecular flexibility index (Phi) is 5.21. The Morgan fingerprint density at radius 1 is 1.42 bits per heavy atom. The van der Waals surface area contributed by atoms with Gasteiger partial charge < -0.3 is 13.9 Å². The van der Waals surface area contributed by atoms with E-state index >= 15 is 0 Å². The fourth-order valence-electron chi connectivity index (χ4n) is 1.62. The highest BCUT2D eigenvalue weighted by Crippen LogP contribution is 2.36. The van der Waals surface area contributed by atoms with Gasteiger partial charge in [0.15, 0.2) is 8.32 Å². The van der Waals surface area contributed by atoms with Crippen LogP contribution in [0.3, 0.4) is 0 Å². The third-order valence-corrected chi connectivity index (χ3v) is 8.50. The van der Waals surface area contributed by atoms with E-state index in [0.29, 0.717) is 18.8 Å². The van der Waals surface area contributed by atoms with Gasteiger partial charge >= 0.3 is 5.97 Å². The third-order valence-electron chi connectivity index (χ3n) is 3.96. The minimum absolute atomic E-state index is 0.128.